The fourth-order valence-corrected chi connectivity index (χ4v) is 5.08. The lowest BCUT2D eigenvalue weighted by atomic mass is 9.92. The molecule has 7 heteroatoms. The van der Waals surface area contributed by atoms with E-state index in [4.69, 9.17) is 14.6 Å². The van der Waals surface area contributed by atoms with Crippen LogP contribution in [0.1, 0.15) is 63.4 Å². The summed E-state index contributed by atoms with van der Waals surface area (Å²) in [5.74, 6) is 0.765. The molecule has 2 saturated carbocycles. The van der Waals surface area contributed by atoms with Gasteiger partial charge in [-0.1, -0.05) is 5.16 Å². The van der Waals surface area contributed by atoms with E-state index in [1.54, 1.807) is 0 Å². The van der Waals surface area contributed by atoms with Crippen LogP contribution in [0, 0.1) is 5.92 Å². The maximum Gasteiger partial charge on any atom is 0.159 e. The molecule has 4 heterocycles. The van der Waals surface area contributed by atoms with Gasteiger partial charge >= 0.3 is 0 Å². The van der Waals surface area contributed by atoms with Gasteiger partial charge in [-0.05, 0) is 57.3 Å². The van der Waals surface area contributed by atoms with Gasteiger partial charge in [-0.3, -0.25) is 0 Å². The predicted molar refractivity (Wildman–Crippen MR) is 111 cm³/mol. The number of ether oxygens (including phenoxy) is 1. The summed E-state index contributed by atoms with van der Waals surface area (Å²) >= 11 is 0. The predicted octanol–water partition coefficient (Wildman–Crippen LogP) is 3.87. The third kappa shape index (κ3) is 3.29. The van der Waals surface area contributed by atoms with E-state index < -0.39 is 0 Å². The smallest absolute Gasteiger partial charge is 0.159 e. The molecule has 29 heavy (non-hydrogen) atoms. The Kier molecular flexibility index (Phi) is 4.25. The number of hydrogen-bond acceptors (Lipinski definition) is 6. The summed E-state index contributed by atoms with van der Waals surface area (Å²) < 4.78 is 7.64. The zero-order valence-electron chi connectivity index (χ0n) is 16.9. The van der Waals surface area contributed by atoms with Gasteiger partial charge in [-0.2, -0.15) is 5.10 Å². The molecule has 0 unspecified atom stereocenters. The van der Waals surface area contributed by atoms with E-state index in [1.807, 2.05) is 12.4 Å². The molecule has 1 N–H and O–H groups in total. The van der Waals surface area contributed by atoms with Crippen LogP contribution in [0.25, 0.3) is 11.0 Å². The van der Waals surface area contributed by atoms with Crippen molar-refractivity contribution in [1.82, 2.24) is 14.8 Å². The summed E-state index contributed by atoms with van der Waals surface area (Å²) in [7, 11) is 0. The van der Waals surface area contributed by atoms with Crippen LogP contribution < -0.4 is 5.32 Å². The Morgan fingerprint density at radius 3 is 2.72 bits per heavy atom. The van der Waals surface area contributed by atoms with Gasteiger partial charge in [-0.25, -0.2) is 9.67 Å². The highest BCUT2D eigenvalue weighted by Crippen LogP contribution is 2.42. The molecule has 154 valence electrons. The number of oxime groups is 1. The lowest BCUT2D eigenvalue weighted by molar-refractivity contribution is -0.0126. The van der Waals surface area contributed by atoms with Gasteiger partial charge in [0, 0.05) is 44.0 Å². The van der Waals surface area contributed by atoms with Crippen LogP contribution in [-0.4, -0.2) is 45.3 Å². The first-order valence-electron chi connectivity index (χ1n) is 11.2. The SMILES string of the molecule is c1nc2c(cnn2CC2CC2)c(NC2CCOCC2)c1C1=NOC2(CCCC2)C1. The Hall–Kier alpha value is -2.15. The lowest BCUT2D eigenvalue weighted by Crippen LogP contribution is -2.29. The molecule has 0 bridgehead atoms. The number of nitrogens with one attached hydrogen (secondary N) is 1. The Balaban J connectivity index is 1.37. The molecule has 2 aliphatic carbocycles. The van der Waals surface area contributed by atoms with E-state index in [-0.39, 0.29) is 5.60 Å². The average Bonchev–Trinajstić information content (AvgIpc) is 3.13. The first kappa shape index (κ1) is 17.7. The number of rotatable bonds is 5. The second-order valence-electron chi connectivity index (χ2n) is 9.28. The molecule has 2 aliphatic heterocycles. The van der Waals surface area contributed by atoms with Gasteiger partial charge in [0.05, 0.1) is 23.0 Å². The summed E-state index contributed by atoms with van der Waals surface area (Å²) in [6, 6.07) is 0.406. The third-order valence-electron chi connectivity index (χ3n) is 7.03. The van der Waals surface area contributed by atoms with Crippen molar-refractivity contribution < 1.29 is 9.57 Å². The molecular formula is C22H29N5O2. The zero-order chi connectivity index (χ0) is 19.3. The summed E-state index contributed by atoms with van der Waals surface area (Å²) in [6.45, 7) is 2.60. The molecule has 4 aliphatic rings. The molecule has 0 radical (unpaired) electrons. The molecule has 2 aromatic rings. The minimum absolute atomic E-state index is 0.0730. The minimum atomic E-state index is -0.0730. The molecule has 0 aromatic carbocycles. The summed E-state index contributed by atoms with van der Waals surface area (Å²) in [5, 5.41) is 14.2. The quantitative estimate of drug-likeness (QED) is 0.832. The van der Waals surface area contributed by atoms with Crippen LogP contribution in [0.3, 0.4) is 0 Å². The van der Waals surface area contributed by atoms with Gasteiger partial charge in [0.2, 0.25) is 0 Å². The first-order valence-corrected chi connectivity index (χ1v) is 11.2. The molecule has 7 nitrogen and oxygen atoms in total. The molecule has 3 fully saturated rings. The fourth-order valence-electron chi connectivity index (χ4n) is 5.08. The van der Waals surface area contributed by atoms with Crippen molar-refractivity contribution in [2.75, 3.05) is 18.5 Å². The Morgan fingerprint density at radius 1 is 1.10 bits per heavy atom. The number of fused-ring (bicyclic) bond motifs is 1. The number of nitrogens with zero attached hydrogens (tertiary/aromatic N) is 4. The van der Waals surface area contributed by atoms with Crippen molar-refractivity contribution in [3.05, 3.63) is 18.0 Å². The van der Waals surface area contributed by atoms with E-state index in [9.17, 15) is 0 Å². The van der Waals surface area contributed by atoms with Crippen LogP contribution in [0.15, 0.2) is 17.5 Å². The molecule has 1 spiro atoms. The number of hydrogen-bond donors (Lipinski definition) is 1. The molecule has 1 saturated heterocycles. The van der Waals surface area contributed by atoms with Crippen molar-refractivity contribution in [2.45, 2.75) is 76.0 Å². The lowest BCUT2D eigenvalue weighted by Gasteiger charge is -2.26. The zero-order valence-corrected chi connectivity index (χ0v) is 16.9. The maximum atomic E-state index is 5.98. The highest BCUT2D eigenvalue weighted by Gasteiger charge is 2.42. The molecule has 0 amide bonds. The number of anilines is 1. The summed E-state index contributed by atoms with van der Waals surface area (Å²) in [4.78, 5) is 10.8. The second kappa shape index (κ2) is 6.97. The highest BCUT2D eigenvalue weighted by atomic mass is 16.7. The van der Waals surface area contributed by atoms with Gasteiger partial charge in [0.1, 0.15) is 5.60 Å². The van der Waals surface area contributed by atoms with E-state index in [0.29, 0.717) is 6.04 Å². The third-order valence-corrected chi connectivity index (χ3v) is 7.03. The minimum Gasteiger partial charge on any atom is -0.389 e. The molecule has 6 rings (SSSR count). The first-order chi connectivity index (χ1) is 14.3. The largest absolute Gasteiger partial charge is 0.389 e. The average molecular weight is 396 g/mol. The normalized spacial score (nSPS) is 24.2. The van der Waals surface area contributed by atoms with Crippen LogP contribution in [-0.2, 0) is 16.1 Å². The van der Waals surface area contributed by atoms with Gasteiger partial charge in [0.15, 0.2) is 5.65 Å². The van der Waals surface area contributed by atoms with Crippen molar-refractivity contribution in [1.29, 1.82) is 0 Å². The topological polar surface area (TPSA) is 73.6 Å². The van der Waals surface area contributed by atoms with Crippen molar-refractivity contribution in [2.24, 2.45) is 11.1 Å². The molecular weight excluding hydrogens is 366 g/mol. The van der Waals surface area contributed by atoms with Crippen LogP contribution in [0.4, 0.5) is 5.69 Å². The van der Waals surface area contributed by atoms with Gasteiger partial charge in [0.25, 0.3) is 0 Å². The maximum absolute atomic E-state index is 5.98. The summed E-state index contributed by atoms with van der Waals surface area (Å²) in [5.41, 5.74) is 4.15. The molecule has 0 atom stereocenters. The Labute approximate surface area is 170 Å². The number of pyridine rings is 1. The van der Waals surface area contributed by atoms with E-state index in [0.717, 1.165) is 85.8 Å². The van der Waals surface area contributed by atoms with E-state index in [1.165, 1.54) is 25.7 Å². The van der Waals surface area contributed by atoms with Crippen LogP contribution in [0.5, 0.6) is 0 Å². The van der Waals surface area contributed by atoms with Crippen LogP contribution >= 0.6 is 0 Å². The summed E-state index contributed by atoms with van der Waals surface area (Å²) in [6.07, 6.45) is 14.2. The van der Waals surface area contributed by atoms with Crippen molar-refractivity contribution in [3.63, 3.8) is 0 Å². The van der Waals surface area contributed by atoms with Crippen molar-refractivity contribution in [3.8, 4) is 0 Å². The standard InChI is InChI=1S/C22H29N5O2/c1-2-8-22(7-1)11-19(26-29-22)17-12-23-21-18(13-24-27(21)14-15-3-4-15)20(17)25-16-5-9-28-10-6-16/h12-13,15-16H,1-11,14H2,(H,23,25). The van der Waals surface area contributed by atoms with Crippen LogP contribution in [0.2, 0.25) is 0 Å². The fraction of sp³-hybridized carbons (Fsp3) is 0.682. The molecule has 2 aromatic heterocycles. The highest BCUT2D eigenvalue weighted by molar-refractivity contribution is 6.10. The Bertz CT molecular complexity index is 936. The van der Waals surface area contributed by atoms with Gasteiger partial charge < -0.3 is 14.9 Å². The van der Waals surface area contributed by atoms with E-state index >= 15 is 0 Å². The van der Waals surface area contributed by atoms with E-state index in [2.05, 4.69) is 20.3 Å². The Morgan fingerprint density at radius 2 is 1.93 bits per heavy atom. The number of aromatic nitrogens is 3. The monoisotopic (exact) mass is 395 g/mol. The second-order valence-corrected chi connectivity index (χ2v) is 9.28. The van der Waals surface area contributed by atoms with Gasteiger partial charge in [-0.15, -0.1) is 0 Å². The van der Waals surface area contributed by atoms with Crippen molar-refractivity contribution >= 4 is 22.4 Å².